The molecule has 0 heterocycles. The lowest BCUT2D eigenvalue weighted by Crippen LogP contribution is -2.14. The van der Waals surface area contributed by atoms with Crippen molar-refractivity contribution < 1.29 is 22.7 Å². The van der Waals surface area contributed by atoms with Crippen molar-refractivity contribution in [3.05, 3.63) is 65.0 Å². The van der Waals surface area contributed by atoms with Crippen LogP contribution >= 0.6 is 0 Å². The zero-order valence-corrected chi connectivity index (χ0v) is 11.1. The fourth-order valence-corrected chi connectivity index (χ4v) is 1.80. The van der Waals surface area contributed by atoms with Crippen LogP contribution in [0.4, 0.5) is 18.9 Å². The molecule has 2 aromatic carbocycles. The molecule has 3 nitrogen and oxygen atoms in total. The van der Waals surface area contributed by atoms with Crippen molar-refractivity contribution in [2.75, 3.05) is 12.4 Å². The maximum Gasteiger partial charge on any atom is 0.255 e. The summed E-state index contributed by atoms with van der Waals surface area (Å²) in [5, 5.41) is 2.51. The molecule has 0 unspecified atom stereocenters. The molecule has 1 N–H and O–H groups in total. The van der Waals surface area contributed by atoms with Crippen molar-refractivity contribution >= 4 is 11.6 Å². The fraction of sp³-hybridized carbons (Fsp3) is 0.133. The summed E-state index contributed by atoms with van der Waals surface area (Å²) in [6.07, 6.45) is 0. The lowest BCUT2D eigenvalue weighted by molar-refractivity contribution is 0.102. The van der Waals surface area contributed by atoms with Gasteiger partial charge in [0.2, 0.25) is 0 Å². The second-order valence-electron chi connectivity index (χ2n) is 4.30. The van der Waals surface area contributed by atoms with Gasteiger partial charge in [-0.1, -0.05) is 18.2 Å². The van der Waals surface area contributed by atoms with E-state index in [1.54, 1.807) is 24.3 Å². The van der Waals surface area contributed by atoms with E-state index < -0.39 is 23.4 Å². The Labute approximate surface area is 119 Å². The zero-order chi connectivity index (χ0) is 15.4. The van der Waals surface area contributed by atoms with E-state index in [0.29, 0.717) is 23.4 Å². The van der Waals surface area contributed by atoms with Crippen LogP contribution in [0.3, 0.4) is 0 Å². The topological polar surface area (TPSA) is 38.3 Å². The van der Waals surface area contributed by atoms with E-state index in [1.165, 1.54) is 7.11 Å². The van der Waals surface area contributed by atoms with E-state index in [2.05, 4.69) is 5.32 Å². The number of rotatable bonds is 4. The van der Waals surface area contributed by atoms with E-state index in [-0.39, 0.29) is 12.2 Å². The molecule has 0 radical (unpaired) electrons. The minimum absolute atomic E-state index is 0.266. The first-order chi connectivity index (χ1) is 10.0. The molecule has 0 aromatic heterocycles. The Morgan fingerprint density at radius 1 is 1.14 bits per heavy atom. The van der Waals surface area contributed by atoms with E-state index in [4.69, 9.17) is 4.74 Å². The quantitative estimate of drug-likeness (QED) is 0.877. The lowest BCUT2D eigenvalue weighted by atomic mass is 10.1. The van der Waals surface area contributed by atoms with E-state index in [1.807, 2.05) is 0 Å². The monoisotopic (exact) mass is 295 g/mol. The molecule has 2 rings (SSSR count). The molecular formula is C15H12F3NO2. The molecule has 110 valence electrons. The number of hydrogen-bond acceptors (Lipinski definition) is 2. The summed E-state index contributed by atoms with van der Waals surface area (Å²) < 4.78 is 44.1. The van der Waals surface area contributed by atoms with Crippen molar-refractivity contribution in [1.29, 1.82) is 0 Å². The second-order valence-corrected chi connectivity index (χ2v) is 4.30. The third kappa shape index (κ3) is 3.41. The van der Waals surface area contributed by atoms with Crippen LogP contribution < -0.4 is 5.32 Å². The highest BCUT2D eigenvalue weighted by molar-refractivity contribution is 6.04. The number of methoxy groups -OCH3 is 1. The number of carbonyl (C=O) groups excluding carboxylic acids is 1. The Morgan fingerprint density at radius 3 is 2.38 bits per heavy atom. The molecule has 0 aliphatic carbocycles. The molecule has 6 heteroatoms. The zero-order valence-electron chi connectivity index (χ0n) is 11.1. The molecular weight excluding hydrogens is 283 g/mol. The molecule has 0 fully saturated rings. The summed E-state index contributed by atoms with van der Waals surface area (Å²) in [6, 6.07) is 8.12. The van der Waals surface area contributed by atoms with Gasteiger partial charge in [-0.05, 0) is 18.2 Å². The average molecular weight is 295 g/mol. The SMILES string of the molecule is COCc1ccccc1NC(=O)c1cc(F)c(F)c(F)c1. The highest BCUT2D eigenvalue weighted by atomic mass is 19.2. The number of nitrogens with one attached hydrogen (secondary N) is 1. The van der Waals surface area contributed by atoms with Crippen LogP contribution in [-0.4, -0.2) is 13.0 Å². The van der Waals surface area contributed by atoms with Crippen molar-refractivity contribution in [1.82, 2.24) is 0 Å². The standard InChI is InChI=1S/C15H12F3NO2/c1-21-8-9-4-2-3-5-13(9)19-15(20)10-6-11(16)14(18)12(17)7-10/h2-7H,8H2,1H3,(H,19,20). The van der Waals surface area contributed by atoms with Gasteiger partial charge in [0.1, 0.15) is 0 Å². The van der Waals surface area contributed by atoms with Crippen LogP contribution in [0, 0.1) is 17.5 Å². The minimum atomic E-state index is -1.61. The van der Waals surface area contributed by atoms with Gasteiger partial charge < -0.3 is 10.1 Å². The summed E-state index contributed by atoms with van der Waals surface area (Å²) in [6.45, 7) is 0.266. The highest BCUT2D eigenvalue weighted by Crippen LogP contribution is 2.19. The number of amides is 1. The normalized spacial score (nSPS) is 10.5. The molecule has 0 atom stereocenters. The smallest absolute Gasteiger partial charge is 0.255 e. The van der Waals surface area contributed by atoms with Gasteiger partial charge in [-0.2, -0.15) is 0 Å². The Morgan fingerprint density at radius 2 is 1.76 bits per heavy atom. The first-order valence-corrected chi connectivity index (χ1v) is 6.05. The van der Waals surface area contributed by atoms with Crippen molar-refractivity contribution in [2.45, 2.75) is 6.61 Å². The molecule has 0 aliphatic heterocycles. The third-order valence-corrected chi connectivity index (χ3v) is 2.81. The van der Waals surface area contributed by atoms with Gasteiger partial charge in [0, 0.05) is 23.9 Å². The summed E-state index contributed by atoms with van der Waals surface area (Å²) in [5.74, 6) is -5.17. The summed E-state index contributed by atoms with van der Waals surface area (Å²) >= 11 is 0. The van der Waals surface area contributed by atoms with Crippen LogP contribution in [0.25, 0.3) is 0 Å². The maximum atomic E-state index is 13.1. The summed E-state index contributed by atoms with van der Waals surface area (Å²) in [4.78, 5) is 12.0. The minimum Gasteiger partial charge on any atom is -0.380 e. The molecule has 0 aliphatic rings. The van der Waals surface area contributed by atoms with E-state index in [9.17, 15) is 18.0 Å². The predicted molar refractivity (Wildman–Crippen MR) is 71.4 cm³/mol. The highest BCUT2D eigenvalue weighted by Gasteiger charge is 2.16. The Kier molecular flexibility index (Phi) is 4.59. The molecule has 0 saturated carbocycles. The van der Waals surface area contributed by atoms with E-state index in [0.717, 1.165) is 0 Å². The number of anilines is 1. The van der Waals surface area contributed by atoms with Crippen LogP contribution in [-0.2, 0) is 11.3 Å². The van der Waals surface area contributed by atoms with Gasteiger partial charge >= 0.3 is 0 Å². The number of hydrogen-bond donors (Lipinski definition) is 1. The van der Waals surface area contributed by atoms with Crippen LogP contribution in [0.15, 0.2) is 36.4 Å². The molecule has 1 amide bonds. The third-order valence-electron chi connectivity index (χ3n) is 2.81. The molecule has 0 saturated heterocycles. The second kappa shape index (κ2) is 6.41. The number of halogens is 3. The van der Waals surface area contributed by atoms with Gasteiger partial charge in [-0.3, -0.25) is 4.79 Å². The van der Waals surface area contributed by atoms with Gasteiger partial charge in [0.25, 0.3) is 5.91 Å². The van der Waals surface area contributed by atoms with Gasteiger partial charge in [-0.25, -0.2) is 13.2 Å². The number of carbonyl (C=O) groups is 1. The van der Waals surface area contributed by atoms with E-state index >= 15 is 0 Å². The molecule has 2 aromatic rings. The number of ether oxygens (including phenoxy) is 1. The largest absolute Gasteiger partial charge is 0.380 e. The van der Waals surface area contributed by atoms with Crippen LogP contribution in [0.5, 0.6) is 0 Å². The fourth-order valence-electron chi connectivity index (χ4n) is 1.80. The Balaban J connectivity index is 2.26. The lowest BCUT2D eigenvalue weighted by Gasteiger charge is -2.10. The summed E-state index contributed by atoms with van der Waals surface area (Å²) in [7, 11) is 1.50. The van der Waals surface area contributed by atoms with Gasteiger partial charge in [-0.15, -0.1) is 0 Å². The molecule has 21 heavy (non-hydrogen) atoms. The number of para-hydroxylation sites is 1. The van der Waals surface area contributed by atoms with Crippen molar-refractivity contribution in [2.24, 2.45) is 0 Å². The van der Waals surface area contributed by atoms with Gasteiger partial charge in [0.15, 0.2) is 17.5 Å². The Bertz CT molecular complexity index is 651. The first-order valence-electron chi connectivity index (χ1n) is 6.05. The van der Waals surface area contributed by atoms with Crippen molar-refractivity contribution in [3.63, 3.8) is 0 Å². The summed E-state index contributed by atoms with van der Waals surface area (Å²) in [5.41, 5.74) is 0.851. The Hall–Kier alpha value is -2.34. The predicted octanol–water partition coefficient (Wildman–Crippen LogP) is 3.50. The number of benzene rings is 2. The van der Waals surface area contributed by atoms with Gasteiger partial charge in [0.05, 0.1) is 6.61 Å². The average Bonchev–Trinajstić information content (AvgIpc) is 2.46. The molecule has 0 bridgehead atoms. The van der Waals surface area contributed by atoms with Crippen molar-refractivity contribution in [3.8, 4) is 0 Å². The first kappa shape index (κ1) is 15.1. The maximum absolute atomic E-state index is 13.1. The van der Waals surface area contributed by atoms with Crippen LogP contribution in [0.1, 0.15) is 15.9 Å². The molecule has 0 spiro atoms. The van der Waals surface area contributed by atoms with Crippen LogP contribution in [0.2, 0.25) is 0 Å².